The van der Waals surface area contributed by atoms with Crippen molar-refractivity contribution >= 4 is 34.9 Å². The van der Waals surface area contributed by atoms with Crippen LogP contribution in [0, 0.1) is 17.5 Å². The fourth-order valence-electron chi connectivity index (χ4n) is 2.13. The first kappa shape index (κ1) is 12.4. The van der Waals surface area contributed by atoms with Crippen LogP contribution in [0.5, 0.6) is 0 Å². The molecule has 1 heterocycles. The summed E-state index contributed by atoms with van der Waals surface area (Å²) in [6.07, 6.45) is 0. The van der Waals surface area contributed by atoms with E-state index in [0.717, 1.165) is 11.3 Å². The van der Waals surface area contributed by atoms with Crippen LogP contribution in [0.4, 0.5) is 4.39 Å². The molecule has 0 unspecified atom stereocenters. The Kier molecular flexibility index (Phi) is 2.92. The molecule has 0 aliphatic rings. The lowest BCUT2D eigenvalue weighted by Gasteiger charge is -2.08. The van der Waals surface area contributed by atoms with Gasteiger partial charge in [0.1, 0.15) is 11.3 Å². The number of rotatable bonds is 1. The van der Waals surface area contributed by atoms with Gasteiger partial charge < -0.3 is 4.98 Å². The number of imidazole rings is 1. The summed E-state index contributed by atoms with van der Waals surface area (Å²) in [7, 11) is 0. The maximum absolute atomic E-state index is 13.8. The molecule has 0 saturated carbocycles. The molecule has 0 bridgehead atoms. The SMILES string of the molecule is Cc1ccc(Cl)c(-n2c(=S)[nH]c3c(F)cccc32)c1. The van der Waals surface area contributed by atoms with E-state index in [1.807, 2.05) is 31.2 Å². The van der Waals surface area contributed by atoms with Crippen molar-refractivity contribution in [3.63, 3.8) is 0 Å². The molecule has 2 aromatic carbocycles. The van der Waals surface area contributed by atoms with Crippen LogP contribution in [0.3, 0.4) is 0 Å². The van der Waals surface area contributed by atoms with Gasteiger partial charge in [-0.3, -0.25) is 4.57 Å². The summed E-state index contributed by atoms with van der Waals surface area (Å²) in [6, 6.07) is 10.5. The van der Waals surface area contributed by atoms with Crippen molar-refractivity contribution in [1.29, 1.82) is 0 Å². The van der Waals surface area contributed by atoms with Gasteiger partial charge in [-0.1, -0.05) is 23.7 Å². The third-order valence-electron chi connectivity index (χ3n) is 3.01. The van der Waals surface area contributed by atoms with Crippen LogP contribution >= 0.6 is 23.8 Å². The molecule has 0 fully saturated rings. The number of aromatic amines is 1. The second kappa shape index (κ2) is 4.47. The van der Waals surface area contributed by atoms with Gasteiger partial charge in [0.15, 0.2) is 4.77 Å². The second-order valence-electron chi connectivity index (χ2n) is 4.35. The highest BCUT2D eigenvalue weighted by atomic mass is 35.5. The molecule has 0 aliphatic heterocycles. The van der Waals surface area contributed by atoms with Crippen molar-refractivity contribution in [2.75, 3.05) is 0 Å². The second-order valence-corrected chi connectivity index (χ2v) is 5.15. The van der Waals surface area contributed by atoms with Gasteiger partial charge in [0.05, 0.1) is 16.2 Å². The summed E-state index contributed by atoms with van der Waals surface area (Å²) in [5.41, 5.74) is 2.89. The predicted octanol–water partition coefficient (Wildman–Crippen LogP) is 4.79. The third-order valence-corrected chi connectivity index (χ3v) is 3.61. The first-order valence-corrected chi connectivity index (χ1v) is 6.52. The van der Waals surface area contributed by atoms with Gasteiger partial charge in [-0.15, -0.1) is 0 Å². The van der Waals surface area contributed by atoms with Crippen LogP contribution in [-0.2, 0) is 0 Å². The van der Waals surface area contributed by atoms with E-state index in [-0.39, 0.29) is 5.82 Å². The van der Waals surface area contributed by atoms with Crippen LogP contribution in [0.15, 0.2) is 36.4 Å². The summed E-state index contributed by atoms with van der Waals surface area (Å²) >= 11 is 11.5. The van der Waals surface area contributed by atoms with Gasteiger partial charge in [0.2, 0.25) is 0 Å². The average Bonchev–Trinajstić information content (AvgIpc) is 2.70. The molecule has 0 radical (unpaired) electrons. The maximum atomic E-state index is 13.8. The van der Waals surface area contributed by atoms with Gasteiger partial charge in [0, 0.05) is 0 Å². The van der Waals surface area contributed by atoms with Crippen molar-refractivity contribution in [1.82, 2.24) is 9.55 Å². The first-order chi connectivity index (χ1) is 9.08. The van der Waals surface area contributed by atoms with Crippen LogP contribution in [-0.4, -0.2) is 9.55 Å². The topological polar surface area (TPSA) is 20.7 Å². The molecule has 0 spiro atoms. The van der Waals surface area contributed by atoms with E-state index in [4.69, 9.17) is 23.8 Å². The van der Waals surface area contributed by atoms with E-state index in [1.54, 1.807) is 10.6 Å². The molecule has 0 saturated heterocycles. The van der Waals surface area contributed by atoms with Gasteiger partial charge in [-0.05, 0) is 49.0 Å². The first-order valence-electron chi connectivity index (χ1n) is 5.73. The Hall–Kier alpha value is -1.65. The maximum Gasteiger partial charge on any atom is 0.182 e. The lowest BCUT2D eigenvalue weighted by Crippen LogP contribution is -1.95. The van der Waals surface area contributed by atoms with E-state index in [0.29, 0.717) is 20.8 Å². The van der Waals surface area contributed by atoms with Crippen molar-refractivity contribution in [2.45, 2.75) is 6.92 Å². The number of aryl methyl sites for hydroxylation is 1. The highest BCUT2D eigenvalue weighted by Crippen LogP contribution is 2.27. The summed E-state index contributed by atoms with van der Waals surface area (Å²) in [4.78, 5) is 2.88. The minimum atomic E-state index is -0.328. The smallest absolute Gasteiger partial charge is 0.182 e. The van der Waals surface area contributed by atoms with Crippen molar-refractivity contribution in [3.8, 4) is 5.69 Å². The largest absolute Gasteiger partial charge is 0.328 e. The number of nitrogens with zero attached hydrogens (tertiary/aromatic N) is 1. The third kappa shape index (κ3) is 1.97. The normalized spacial score (nSPS) is 11.1. The zero-order valence-corrected chi connectivity index (χ0v) is 11.6. The number of hydrogen-bond acceptors (Lipinski definition) is 1. The zero-order chi connectivity index (χ0) is 13.6. The van der Waals surface area contributed by atoms with Crippen LogP contribution in [0.2, 0.25) is 5.02 Å². The highest BCUT2D eigenvalue weighted by molar-refractivity contribution is 7.71. The lowest BCUT2D eigenvalue weighted by atomic mass is 10.2. The molecule has 19 heavy (non-hydrogen) atoms. The molecule has 2 nitrogen and oxygen atoms in total. The van der Waals surface area contributed by atoms with E-state index >= 15 is 0 Å². The minimum Gasteiger partial charge on any atom is -0.328 e. The number of fused-ring (bicyclic) bond motifs is 1. The summed E-state index contributed by atoms with van der Waals surface area (Å²) < 4.78 is 15.9. The van der Waals surface area contributed by atoms with Gasteiger partial charge in [-0.2, -0.15) is 0 Å². The Morgan fingerprint density at radius 3 is 2.84 bits per heavy atom. The summed E-state index contributed by atoms with van der Waals surface area (Å²) in [5, 5.41) is 0.576. The molecular formula is C14H10ClFN2S. The molecule has 1 aromatic heterocycles. The summed E-state index contributed by atoms with van der Waals surface area (Å²) in [6.45, 7) is 1.97. The van der Waals surface area contributed by atoms with Gasteiger partial charge >= 0.3 is 0 Å². The predicted molar refractivity (Wildman–Crippen MR) is 78.2 cm³/mol. The number of hydrogen-bond donors (Lipinski definition) is 1. The Morgan fingerprint density at radius 2 is 2.05 bits per heavy atom. The van der Waals surface area contributed by atoms with Gasteiger partial charge in [-0.25, -0.2) is 4.39 Å². The molecular weight excluding hydrogens is 283 g/mol. The molecule has 3 rings (SSSR count). The Balaban J connectivity index is 2.43. The molecule has 0 aliphatic carbocycles. The van der Waals surface area contributed by atoms with E-state index in [2.05, 4.69) is 4.98 Å². The molecule has 96 valence electrons. The lowest BCUT2D eigenvalue weighted by molar-refractivity contribution is 0.637. The van der Waals surface area contributed by atoms with Crippen molar-refractivity contribution < 1.29 is 4.39 Å². The highest BCUT2D eigenvalue weighted by Gasteiger charge is 2.12. The van der Waals surface area contributed by atoms with Crippen LogP contribution in [0.1, 0.15) is 5.56 Å². The van der Waals surface area contributed by atoms with E-state index < -0.39 is 0 Å². The number of benzene rings is 2. The number of H-pyrrole nitrogens is 1. The molecule has 0 atom stereocenters. The Morgan fingerprint density at radius 1 is 1.26 bits per heavy atom. The molecule has 0 amide bonds. The van der Waals surface area contributed by atoms with Crippen molar-refractivity contribution in [2.24, 2.45) is 0 Å². The molecule has 5 heteroatoms. The number of halogens is 2. The Bertz CT molecular complexity index is 835. The zero-order valence-electron chi connectivity index (χ0n) is 10.1. The average molecular weight is 293 g/mol. The minimum absolute atomic E-state index is 0.328. The quantitative estimate of drug-likeness (QED) is 0.640. The fraction of sp³-hybridized carbons (Fsp3) is 0.0714. The number of para-hydroxylation sites is 1. The van der Waals surface area contributed by atoms with Crippen molar-refractivity contribution in [3.05, 3.63) is 57.6 Å². The Labute approximate surface area is 119 Å². The van der Waals surface area contributed by atoms with Crippen LogP contribution < -0.4 is 0 Å². The fourth-order valence-corrected chi connectivity index (χ4v) is 2.63. The van der Waals surface area contributed by atoms with E-state index in [9.17, 15) is 4.39 Å². The van der Waals surface area contributed by atoms with Crippen LogP contribution in [0.25, 0.3) is 16.7 Å². The standard InChI is InChI=1S/C14H10ClFN2S/c1-8-5-6-9(15)12(7-8)18-11-4-2-3-10(16)13(11)17-14(18)19/h2-7H,1H3,(H,17,19). The van der Waals surface area contributed by atoms with Gasteiger partial charge in [0.25, 0.3) is 0 Å². The molecule has 1 N–H and O–H groups in total. The summed E-state index contributed by atoms with van der Waals surface area (Å²) in [5.74, 6) is -0.328. The van der Waals surface area contributed by atoms with E-state index in [1.165, 1.54) is 6.07 Å². The monoisotopic (exact) mass is 292 g/mol. The number of aromatic nitrogens is 2. The molecule has 3 aromatic rings. The number of nitrogens with one attached hydrogen (secondary N) is 1.